The second kappa shape index (κ2) is 6.73. The van der Waals surface area contributed by atoms with E-state index < -0.39 is 42.0 Å². The Labute approximate surface area is 108 Å². The van der Waals surface area contributed by atoms with Crippen LogP contribution in [0.3, 0.4) is 0 Å². The van der Waals surface area contributed by atoms with Crippen LogP contribution in [-0.4, -0.2) is 30.9 Å². The molecule has 0 aliphatic rings. The van der Waals surface area contributed by atoms with Crippen molar-refractivity contribution in [2.24, 2.45) is 0 Å². The number of nitrogens with one attached hydrogen (secondary N) is 1. The summed E-state index contributed by atoms with van der Waals surface area (Å²) < 4.78 is 90.9. The van der Waals surface area contributed by atoms with E-state index >= 15 is 0 Å². The predicted molar refractivity (Wildman–Crippen MR) is 54.0 cm³/mol. The summed E-state index contributed by atoms with van der Waals surface area (Å²) in [6.07, 6.45) is -4.52. The van der Waals surface area contributed by atoms with Gasteiger partial charge >= 0.3 is 6.18 Å². The Bertz CT molecular complexity index is 438. The van der Waals surface area contributed by atoms with Gasteiger partial charge in [0.15, 0.2) is 0 Å². The molecule has 1 rings (SSSR count). The van der Waals surface area contributed by atoms with Crippen LogP contribution in [0.25, 0.3) is 0 Å². The van der Waals surface area contributed by atoms with Gasteiger partial charge in [0.05, 0.1) is 0 Å². The number of aromatic nitrogens is 1. The summed E-state index contributed by atoms with van der Waals surface area (Å²) in [5.41, 5.74) is -1.06. The summed E-state index contributed by atoms with van der Waals surface area (Å²) in [5.74, 6) is -7.06. The zero-order valence-electron chi connectivity index (χ0n) is 9.83. The van der Waals surface area contributed by atoms with Crippen molar-refractivity contribution >= 4 is 5.69 Å². The van der Waals surface area contributed by atoms with E-state index in [0.717, 1.165) is 0 Å². The lowest BCUT2D eigenvalue weighted by molar-refractivity contribution is -0.173. The monoisotopic (exact) mass is 306 g/mol. The normalized spacial score (nSPS) is 11.8. The molecule has 0 aliphatic heterocycles. The van der Waals surface area contributed by atoms with Crippen LogP contribution in [0.2, 0.25) is 0 Å². The van der Waals surface area contributed by atoms with Gasteiger partial charge in [-0.25, -0.2) is 0 Å². The highest BCUT2D eigenvalue weighted by atomic mass is 19.4. The van der Waals surface area contributed by atoms with Gasteiger partial charge in [-0.3, -0.25) is 0 Å². The average Bonchev–Trinajstić information content (AvgIpc) is 2.33. The molecule has 1 aromatic rings. The molecule has 0 saturated heterocycles. The van der Waals surface area contributed by atoms with E-state index in [1.165, 1.54) is 0 Å². The molecular weight excluding hydrogens is 297 g/mol. The van der Waals surface area contributed by atoms with Gasteiger partial charge < -0.3 is 10.1 Å². The maximum absolute atomic E-state index is 13.1. The van der Waals surface area contributed by atoms with E-state index in [1.54, 1.807) is 0 Å². The fourth-order valence-corrected chi connectivity index (χ4v) is 1.22. The number of rotatable bonds is 6. The zero-order chi connectivity index (χ0) is 15.3. The van der Waals surface area contributed by atoms with E-state index in [-0.39, 0.29) is 19.6 Å². The largest absolute Gasteiger partial charge is 0.411 e. The molecule has 0 radical (unpaired) electrons. The SMILES string of the molecule is Fc1nc(F)c(F)c(NCCCOCC(F)(F)F)c1F. The van der Waals surface area contributed by atoms with E-state index in [9.17, 15) is 30.7 Å². The zero-order valence-corrected chi connectivity index (χ0v) is 9.83. The van der Waals surface area contributed by atoms with Crippen molar-refractivity contribution in [1.82, 2.24) is 4.98 Å². The fraction of sp³-hybridized carbons (Fsp3) is 0.500. The van der Waals surface area contributed by atoms with Crippen LogP contribution in [0.15, 0.2) is 0 Å². The van der Waals surface area contributed by atoms with Crippen molar-refractivity contribution in [3.8, 4) is 0 Å². The average molecular weight is 306 g/mol. The van der Waals surface area contributed by atoms with E-state index in [0.29, 0.717) is 0 Å². The molecule has 114 valence electrons. The van der Waals surface area contributed by atoms with Gasteiger partial charge in [0.25, 0.3) is 11.9 Å². The van der Waals surface area contributed by atoms with Crippen LogP contribution < -0.4 is 5.32 Å². The Kier molecular flexibility index (Phi) is 5.54. The molecular formula is C10H9F7N2O. The van der Waals surface area contributed by atoms with Gasteiger partial charge in [-0.05, 0) is 6.42 Å². The Morgan fingerprint density at radius 3 is 2.05 bits per heavy atom. The minimum atomic E-state index is -4.47. The summed E-state index contributed by atoms with van der Waals surface area (Å²) >= 11 is 0. The molecule has 0 bridgehead atoms. The minimum absolute atomic E-state index is 0.0550. The van der Waals surface area contributed by atoms with Crippen molar-refractivity contribution in [3.63, 3.8) is 0 Å². The lowest BCUT2D eigenvalue weighted by Crippen LogP contribution is -2.18. The number of hydrogen-bond acceptors (Lipinski definition) is 3. The maximum atomic E-state index is 13.1. The lowest BCUT2D eigenvalue weighted by Gasteiger charge is -2.10. The first-order valence-electron chi connectivity index (χ1n) is 5.30. The van der Waals surface area contributed by atoms with Gasteiger partial charge in [0.2, 0.25) is 11.6 Å². The Hall–Kier alpha value is -1.58. The third-order valence-electron chi connectivity index (χ3n) is 2.03. The first kappa shape index (κ1) is 16.5. The number of anilines is 1. The summed E-state index contributed by atoms with van der Waals surface area (Å²) in [6.45, 7) is -2.03. The molecule has 3 nitrogen and oxygen atoms in total. The highest BCUT2D eigenvalue weighted by Gasteiger charge is 2.27. The van der Waals surface area contributed by atoms with Crippen LogP contribution in [0.1, 0.15) is 6.42 Å². The summed E-state index contributed by atoms with van der Waals surface area (Å²) in [7, 11) is 0. The Morgan fingerprint density at radius 2 is 1.55 bits per heavy atom. The van der Waals surface area contributed by atoms with Crippen molar-refractivity contribution < 1.29 is 35.5 Å². The van der Waals surface area contributed by atoms with Crippen LogP contribution >= 0.6 is 0 Å². The second-order valence-electron chi connectivity index (χ2n) is 3.64. The van der Waals surface area contributed by atoms with Crippen LogP contribution in [-0.2, 0) is 4.74 Å². The molecule has 10 heteroatoms. The smallest absolute Gasteiger partial charge is 0.380 e. The van der Waals surface area contributed by atoms with Gasteiger partial charge in [-0.15, -0.1) is 0 Å². The number of pyridine rings is 1. The van der Waals surface area contributed by atoms with Gasteiger partial charge in [0.1, 0.15) is 12.3 Å². The van der Waals surface area contributed by atoms with Crippen molar-refractivity contribution in [2.75, 3.05) is 25.1 Å². The van der Waals surface area contributed by atoms with Crippen molar-refractivity contribution in [2.45, 2.75) is 12.6 Å². The first-order chi connectivity index (χ1) is 9.22. The van der Waals surface area contributed by atoms with Crippen LogP contribution in [0.5, 0.6) is 0 Å². The lowest BCUT2D eigenvalue weighted by atomic mass is 10.3. The summed E-state index contributed by atoms with van der Waals surface area (Å²) in [5, 5.41) is 2.03. The fourth-order valence-electron chi connectivity index (χ4n) is 1.22. The molecule has 1 heterocycles. The summed E-state index contributed by atoms with van der Waals surface area (Å²) in [4.78, 5) is 2.35. The minimum Gasteiger partial charge on any atom is -0.380 e. The Balaban J connectivity index is 2.43. The molecule has 1 N–H and O–H groups in total. The number of halogens is 7. The molecule has 0 amide bonds. The molecule has 0 aliphatic carbocycles. The highest BCUT2D eigenvalue weighted by molar-refractivity contribution is 5.45. The topological polar surface area (TPSA) is 34.2 Å². The van der Waals surface area contributed by atoms with Crippen molar-refractivity contribution in [1.29, 1.82) is 0 Å². The molecule has 0 saturated carbocycles. The molecule has 0 spiro atoms. The Morgan fingerprint density at radius 1 is 1.00 bits per heavy atom. The van der Waals surface area contributed by atoms with Gasteiger partial charge in [-0.2, -0.15) is 35.7 Å². The van der Waals surface area contributed by atoms with Gasteiger partial charge in [0, 0.05) is 13.2 Å². The predicted octanol–water partition coefficient (Wildman–Crippen LogP) is 3.02. The second-order valence-corrected chi connectivity index (χ2v) is 3.64. The maximum Gasteiger partial charge on any atom is 0.411 e. The molecule has 0 fully saturated rings. The highest BCUT2D eigenvalue weighted by Crippen LogP contribution is 2.21. The molecule has 0 atom stereocenters. The number of nitrogens with zero attached hydrogens (tertiary/aromatic N) is 1. The third kappa shape index (κ3) is 4.83. The van der Waals surface area contributed by atoms with Gasteiger partial charge in [-0.1, -0.05) is 0 Å². The van der Waals surface area contributed by atoms with E-state index in [4.69, 9.17) is 0 Å². The molecule has 20 heavy (non-hydrogen) atoms. The molecule has 1 aromatic heterocycles. The van der Waals surface area contributed by atoms with E-state index in [1.807, 2.05) is 5.32 Å². The van der Waals surface area contributed by atoms with E-state index in [2.05, 4.69) is 9.72 Å². The third-order valence-corrected chi connectivity index (χ3v) is 2.03. The number of alkyl halides is 3. The summed E-state index contributed by atoms with van der Waals surface area (Å²) in [6, 6.07) is 0. The number of hydrogen-bond donors (Lipinski definition) is 1. The standard InChI is InChI=1S/C10H9F7N2O/c11-5-7(6(12)9(14)19-8(5)13)18-2-1-3-20-4-10(15,16)17/h1-4H2,(H,18,19). The first-order valence-corrected chi connectivity index (χ1v) is 5.30. The van der Waals surface area contributed by atoms with Crippen LogP contribution in [0, 0.1) is 23.5 Å². The molecule has 0 unspecified atom stereocenters. The number of ether oxygens (including phenoxy) is 1. The quantitative estimate of drug-likeness (QED) is 0.498. The molecule has 0 aromatic carbocycles. The van der Waals surface area contributed by atoms with Crippen molar-refractivity contribution in [3.05, 3.63) is 23.5 Å². The van der Waals surface area contributed by atoms with Crippen LogP contribution in [0.4, 0.5) is 36.4 Å².